The van der Waals surface area contributed by atoms with Crippen molar-refractivity contribution in [3.05, 3.63) is 0 Å². The molecule has 31 heavy (non-hydrogen) atoms. The summed E-state index contributed by atoms with van der Waals surface area (Å²) in [6.07, 6.45) is 22.5. The van der Waals surface area contributed by atoms with Crippen LogP contribution in [-0.4, -0.2) is 41.0 Å². The quantitative estimate of drug-likeness (QED) is 0.167. The summed E-state index contributed by atoms with van der Waals surface area (Å²) in [7, 11) is 0. The number of rotatable bonds is 18. The van der Waals surface area contributed by atoms with E-state index < -0.39 is 5.97 Å². The molecular formula is C26H59NO4. The number of carboxylic acid groups (broad SMARTS) is 1. The highest BCUT2D eigenvalue weighted by molar-refractivity contribution is 5.66. The van der Waals surface area contributed by atoms with Gasteiger partial charge in [-0.15, -0.1) is 0 Å². The highest BCUT2D eigenvalue weighted by Crippen LogP contribution is 2.10. The van der Waals surface area contributed by atoms with Gasteiger partial charge in [0.2, 0.25) is 0 Å². The third-order valence-electron chi connectivity index (χ3n) is 4.55. The standard InChI is InChI=1S/C12H24O2.C10H23N.2C2H6O/c1-2-3-4-5-6-7-8-9-10-11-12(13)14;1-2-3-4-5-6-7-8-9-10-11;2*1-2-3/h2-11H2,1H3,(H,13,14);2-11H2,1H3;2*3H,2H2,1H3. The first kappa shape index (κ1) is 37.7. The maximum Gasteiger partial charge on any atom is 0.303 e. The molecule has 0 amide bonds. The highest BCUT2D eigenvalue weighted by Gasteiger charge is 1.96. The number of nitrogens with two attached hydrogens (primary N) is 1. The lowest BCUT2D eigenvalue weighted by molar-refractivity contribution is -0.137. The van der Waals surface area contributed by atoms with E-state index in [9.17, 15) is 4.79 Å². The zero-order valence-corrected chi connectivity index (χ0v) is 21.7. The van der Waals surface area contributed by atoms with Gasteiger partial charge in [-0.05, 0) is 33.2 Å². The first-order valence-corrected chi connectivity index (χ1v) is 13.2. The fourth-order valence-electron chi connectivity index (χ4n) is 2.87. The van der Waals surface area contributed by atoms with Crippen LogP contribution in [0.25, 0.3) is 0 Å². The molecule has 0 fully saturated rings. The number of carbonyl (C=O) groups is 1. The number of carboxylic acids is 1. The molecule has 0 aromatic carbocycles. The van der Waals surface area contributed by atoms with Crippen molar-refractivity contribution in [1.82, 2.24) is 0 Å². The van der Waals surface area contributed by atoms with Crippen LogP contribution in [0.4, 0.5) is 0 Å². The van der Waals surface area contributed by atoms with Crippen molar-refractivity contribution < 1.29 is 20.1 Å². The molecule has 0 aliphatic heterocycles. The van der Waals surface area contributed by atoms with E-state index in [1.165, 1.54) is 96.3 Å². The molecule has 0 spiro atoms. The van der Waals surface area contributed by atoms with Crippen LogP contribution in [0.3, 0.4) is 0 Å². The minimum Gasteiger partial charge on any atom is -0.481 e. The van der Waals surface area contributed by atoms with Gasteiger partial charge in [0.05, 0.1) is 0 Å². The van der Waals surface area contributed by atoms with Crippen molar-refractivity contribution in [2.24, 2.45) is 5.73 Å². The molecule has 5 nitrogen and oxygen atoms in total. The predicted molar refractivity (Wildman–Crippen MR) is 137 cm³/mol. The number of hydrogen-bond acceptors (Lipinski definition) is 4. The Morgan fingerprint density at radius 2 is 0.806 bits per heavy atom. The van der Waals surface area contributed by atoms with Crippen LogP contribution in [-0.2, 0) is 4.79 Å². The average Bonchev–Trinajstić information content (AvgIpc) is 2.73. The van der Waals surface area contributed by atoms with E-state index in [-0.39, 0.29) is 13.2 Å². The first-order valence-electron chi connectivity index (χ1n) is 13.2. The van der Waals surface area contributed by atoms with Crippen LogP contribution in [0.1, 0.15) is 143 Å². The third kappa shape index (κ3) is 65.2. The number of aliphatic hydroxyl groups excluding tert-OH is 2. The van der Waals surface area contributed by atoms with E-state index in [0.29, 0.717) is 6.42 Å². The highest BCUT2D eigenvalue weighted by atomic mass is 16.4. The Morgan fingerprint density at radius 3 is 1.06 bits per heavy atom. The van der Waals surface area contributed by atoms with Crippen molar-refractivity contribution in [3.63, 3.8) is 0 Å². The molecule has 0 saturated heterocycles. The van der Waals surface area contributed by atoms with E-state index in [2.05, 4.69) is 13.8 Å². The molecule has 0 bridgehead atoms. The molecule has 0 radical (unpaired) electrons. The maximum absolute atomic E-state index is 10.2. The summed E-state index contributed by atoms with van der Waals surface area (Å²) >= 11 is 0. The second-order valence-corrected chi connectivity index (χ2v) is 7.87. The Bertz CT molecular complexity index is 266. The molecule has 5 N–H and O–H groups in total. The normalized spacial score (nSPS) is 9.52. The van der Waals surface area contributed by atoms with Crippen LogP contribution < -0.4 is 5.73 Å². The number of unbranched alkanes of at least 4 members (excludes halogenated alkanes) is 15. The number of aliphatic hydroxyl groups is 2. The minimum atomic E-state index is -0.659. The Labute approximate surface area is 195 Å². The largest absolute Gasteiger partial charge is 0.481 e. The van der Waals surface area contributed by atoms with E-state index in [0.717, 1.165) is 19.4 Å². The molecule has 5 heteroatoms. The van der Waals surface area contributed by atoms with E-state index in [4.69, 9.17) is 21.1 Å². The van der Waals surface area contributed by atoms with E-state index >= 15 is 0 Å². The summed E-state index contributed by atoms with van der Waals surface area (Å²) in [6, 6.07) is 0. The van der Waals surface area contributed by atoms with Crippen molar-refractivity contribution in [3.8, 4) is 0 Å². The lowest BCUT2D eigenvalue weighted by Gasteiger charge is -2.00. The second-order valence-electron chi connectivity index (χ2n) is 7.87. The van der Waals surface area contributed by atoms with Gasteiger partial charge in [-0.2, -0.15) is 0 Å². The topological polar surface area (TPSA) is 104 Å². The van der Waals surface area contributed by atoms with Crippen LogP contribution in [0.15, 0.2) is 0 Å². The molecule has 0 saturated carbocycles. The van der Waals surface area contributed by atoms with Gasteiger partial charge in [0.1, 0.15) is 0 Å². The number of hydrogen-bond donors (Lipinski definition) is 4. The fraction of sp³-hybridized carbons (Fsp3) is 0.962. The predicted octanol–water partition coefficient (Wildman–Crippen LogP) is 7.07. The molecule has 0 aromatic heterocycles. The SMILES string of the molecule is CCCCCCCCCCCC(=O)O.CCCCCCCCCCN.CCO.CCO. The fourth-order valence-corrected chi connectivity index (χ4v) is 2.87. The Balaban J connectivity index is -0.000000190. The first-order chi connectivity index (χ1) is 15.0. The van der Waals surface area contributed by atoms with Gasteiger partial charge in [-0.25, -0.2) is 0 Å². The summed E-state index contributed by atoms with van der Waals surface area (Å²) in [4.78, 5) is 10.2. The van der Waals surface area contributed by atoms with Crippen LogP contribution in [0, 0.1) is 0 Å². The van der Waals surface area contributed by atoms with Gasteiger partial charge >= 0.3 is 5.97 Å². The van der Waals surface area contributed by atoms with Crippen LogP contribution >= 0.6 is 0 Å². The van der Waals surface area contributed by atoms with Gasteiger partial charge in [0, 0.05) is 19.6 Å². The molecule has 0 rings (SSSR count). The smallest absolute Gasteiger partial charge is 0.303 e. The van der Waals surface area contributed by atoms with Crippen molar-refractivity contribution >= 4 is 5.97 Å². The molecule has 0 unspecified atom stereocenters. The molecule has 0 aliphatic rings. The van der Waals surface area contributed by atoms with Crippen molar-refractivity contribution in [1.29, 1.82) is 0 Å². The lowest BCUT2D eigenvalue weighted by atomic mass is 10.1. The van der Waals surface area contributed by atoms with Gasteiger partial charge in [-0.1, -0.05) is 110 Å². The zero-order chi connectivity index (χ0) is 24.4. The average molecular weight is 450 g/mol. The monoisotopic (exact) mass is 449 g/mol. The van der Waals surface area contributed by atoms with E-state index in [1.54, 1.807) is 13.8 Å². The summed E-state index contributed by atoms with van der Waals surface area (Å²) in [5.74, 6) is -0.659. The Kier molecular flexibility index (Phi) is 52.6. The lowest BCUT2D eigenvalue weighted by Crippen LogP contribution is -1.97. The Morgan fingerprint density at radius 1 is 0.548 bits per heavy atom. The van der Waals surface area contributed by atoms with Crippen LogP contribution in [0.2, 0.25) is 0 Å². The maximum atomic E-state index is 10.2. The Hall–Kier alpha value is -0.650. The molecule has 192 valence electrons. The summed E-state index contributed by atoms with van der Waals surface area (Å²) in [6.45, 7) is 9.22. The van der Waals surface area contributed by atoms with E-state index in [1.807, 2.05) is 0 Å². The van der Waals surface area contributed by atoms with Crippen LogP contribution in [0.5, 0.6) is 0 Å². The van der Waals surface area contributed by atoms with Gasteiger partial charge in [-0.3, -0.25) is 4.79 Å². The zero-order valence-electron chi connectivity index (χ0n) is 21.7. The molecular weight excluding hydrogens is 390 g/mol. The molecule has 0 atom stereocenters. The molecule has 0 aromatic rings. The van der Waals surface area contributed by atoms with Gasteiger partial charge < -0.3 is 21.1 Å². The molecule has 0 aliphatic carbocycles. The van der Waals surface area contributed by atoms with Crippen molar-refractivity contribution in [2.75, 3.05) is 19.8 Å². The minimum absolute atomic E-state index is 0.250. The van der Waals surface area contributed by atoms with Gasteiger partial charge in [0.15, 0.2) is 0 Å². The van der Waals surface area contributed by atoms with Crippen molar-refractivity contribution in [2.45, 2.75) is 143 Å². The summed E-state index contributed by atoms with van der Waals surface area (Å²) in [5, 5.41) is 23.6. The second kappa shape index (κ2) is 43.3. The summed E-state index contributed by atoms with van der Waals surface area (Å²) in [5.41, 5.74) is 5.39. The molecule has 0 heterocycles. The third-order valence-corrected chi connectivity index (χ3v) is 4.55. The number of aliphatic carboxylic acids is 1. The summed E-state index contributed by atoms with van der Waals surface area (Å²) < 4.78 is 0. The van der Waals surface area contributed by atoms with Gasteiger partial charge in [0.25, 0.3) is 0 Å².